The van der Waals surface area contributed by atoms with Gasteiger partial charge in [-0.15, -0.1) is 0 Å². The lowest BCUT2D eigenvalue weighted by atomic mass is 10.3. The molecule has 0 unspecified atom stereocenters. The first-order chi connectivity index (χ1) is 16.0. The summed E-state index contributed by atoms with van der Waals surface area (Å²) in [5, 5.41) is 23.3. The fourth-order valence-electron chi connectivity index (χ4n) is 2.78. The van der Waals surface area contributed by atoms with Crippen molar-refractivity contribution in [1.29, 1.82) is 0 Å². The number of rotatable bonds is 8. The monoisotopic (exact) mass is 494 g/mol. The van der Waals surface area contributed by atoms with Crippen LogP contribution in [0.25, 0.3) is 0 Å². The van der Waals surface area contributed by atoms with Crippen molar-refractivity contribution in [2.24, 2.45) is 0 Å². The summed E-state index contributed by atoms with van der Waals surface area (Å²) >= 11 is 3.79. The van der Waals surface area contributed by atoms with Gasteiger partial charge in [-0.3, -0.25) is 30.2 Å². The van der Waals surface area contributed by atoms with Crippen molar-refractivity contribution >= 4 is 46.7 Å². The van der Waals surface area contributed by atoms with Crippen LogP contribution in [0.2, 0.25) is 0 Å². The van der Waals surface area contributed by atoms with Crippen LogP contribution in [0.15, 0.2) is 115 Å². The van der Waals surface area contributed by atoms with Gasteiger partial charge in [0, 0.05) is 56.5 Å². The average Bonchev–Trinajstić information content (AvgIpc) is 2.82. The Morgan fingerprint density at radius 2 is 0.939 bits per heavy atom. The molecule has 11 heteroatoms. The first-order valence-corrected chi connectivity index (χ1v) is 11.8. The van der Waals surface area contributed by atoms with Crippen molar-refractivity contribution in [2.75, 3.05) is 0 Å². The highest BCUT2D eigenvalue weighted by atomic mass is 32.2. The molecule has 4 rings (SSSR count). The van der Waals surface area contributed by atoms with Crippen LogP contribution in [0.4, 0.5) is 11.4 Å². The number of nitrogens with zero attached hydrogens (tertiary/aromatic N) is 4. The second-order valence-electron chi connectivity index (χ2n) is 6.45. The van der Waals surface area contributed by atoms with Crippen LogP contribution in [0, 0.1) is 20.2 Å². The maximum absolute atomic E-state index is 11.7. The summed E-state index contributed by atoms with van der Waals surface area (Å²) in [6.45, 7) is 0. The molecule has 0 aliphatic carbocycles. The highest BCUT2D eigenvalue weighted by molar-refractivity contribution is 8.00. The Morgan fingerprint density at radius 3 is 1.30 bits per heavy atom. The predicted molar refractivity (Wildman–Crippen MR) is 127 cm³/mol. The average molecular weight is 495 g/mol. The summed E-state index contributed by atoms with van der Waals surface area (Å²) in [6, 6.07) is 17.0. The fraction of sp³-hybridized carbons (Fsp3) is 0. The van der Waals surface area contributed by atoms with Crippen LogP contribution in [0.5, 0.6) is 0 Å². The molecule has 164 valence electrons. The van der Waals surface area contributed by atoms with E-state index in [-0.39, 0.29) is 11.4 Å². The minimum absolute atomic E-state index is 0.0267. The zero-order chi connectivity index (χ0) is 23.2. The number of hydrogen-bond acceptors (Lipinski definition) is 9. The molecular formula is C22H14N4O4S3. The van der Waals surface area contributed by atoms with Gasteiger partial charge in [-0.2, -0.15) is 0 Å². The second kappa shape index (κ2) is 10.5. The molecule has 2 aromatic heterocycles. The third-order valence-corrected chi connectivity index (χ3v) is 7.37. The smallest absolute Gasteiger partial charge is 0.265 e. The highest BCUT2D eigenvalue weighted by Gasteiger charge is 2.19. The quantitative estimate of drug-likeness (QED) is 0.194. The van der Waals surface area contributed by atoms with Gasteiger partial charge < -0.3 is 0 Å². The molecule has 2 heterocycles. The van der Waals surface area contributed by atoms with Crippen LogP contribution >= 0.6 is 35.3 Å². The van der Waals surface area contributed by atoms with E-state index < -0.39 is 9.85 Å². The van der Waals surface area contributed by atoms with Crippen molar-refractivity contribution in [1.82, 2.24) is 9.97 Å². The summed E-state index contributed by atoms with van der Waals surface area (Å²) < 4.78 is 0. The molecule has 0 bridgehead atoms. The number of hydrogen-bond donors (Lipinski definition) is 0. The van der Waals surface area contributed by atoms with E-state index in [9.17, 15) is 20.2 Å². The van der Waals surface area contributed by atoms with Crippen LogP contribution in [-0.4, -0.2) is 19.8 Å². The molecule has 33 heavy (non-hydrogen) atoms. The van der Waals surface area contributed by atoms with Gasteiger partial charge in [0.2, 0.25) is 0 Å². The van der Waals surface area contributed by atoms with Crippen molar-refractivity contribution < 1.29 is 9.85 Å². The third kappa shape index (κ3) is 5.89. The summed E-state index contributed by atoms with van der Waals surface area (Å²) in [5.41, 5.74) is -0.0534. The summed E-state index contributed by atoms with van der Waals surface area (Å²) in [7, 11) is 0. The fourth-order valence-corrected chi connectivity index (χ4v) is 5.44. The Bertz CT molecular complexity index is 1210. The first-order valence-electron chi connectivity index (χ1n) is 9.40. The summed E-state index contributed by atoms with van der Waals surface area (Å²) in [6.07, 6.45) is 6.51. The summed E-state index contributed by atoms with van der Waals surface area (Å²) in [5.74, 6) is 0. The van der Waals surface area contributed by atoms with Crippen LogP contribution in [0.3, 0.4) is 0 Å². The third-order valence-electron chi connectivity index (χ3n) is 4.24. The Balaban J connectivity index is 1.59. The molecule has 0 radical (unpaired) electrons. The van der Waals surface area contributed by atoms with Gasteiger partial charge in [0.25, 0.3) is 11.4 Å². The molecule has 0 saturated heterocycles. The van der Waals surface area contributed by atoms with Crippen LogP contribution in [-0.2, 0) is 0 Å². The maximum Gasteiger partial charge on any atom is 0.284 e. The Kier molecular flexibility index (Phi) is 7.23. The lowest BCUT2D eigenvalue weighted by molar-refractivity contribution is -0.388. The van der Waals surface area contributed by atoms with E-state index in [2.05, 4.69) is 9.97 Å². The van der Waals surface area contributed by atoms with Gasteiger partial charge in [0.05, 0.1) is 19.6 Å². The van der Waals surface area contributed by atoms with Gasteiger partial charge in [-0.05, 0) is 48.5 Å². The Labute approximate surface area is 201 Å². The molecular weight excluding hydrogens is 480 g/mol. The van der Waals surface area contributed by atoms with E-state index in [1.54, 1.807) is 73.3 Å². The van der Waals surface area contributed by atoms with E-state index in [0.717, 1.165) is 9.79 Å². The molecule has 0 spiro atoms. The van der Waals surface area contributed by atoms with Crippen LogP contribution < -0.4 is 0 Å². The molecule has 4 aromatic rings. The largest absolute Gasteiger partial charge is 0.284 e. The minimum Gasteiger partial charge on any atom is -0.265 e. The topological polar surface area (TPSA) is 112 Å². The van der Waals surface area contributed by atoms with Gasteiger partial charge >= 0.3 is 0 Å². The molecule has 2 aromatic carbocycles. The van der Waals surface area contributed by atoms with Gasteiger partial charge in [0.1, 0.15) is 0 Å². The van der Waals surface area contributed by atoms with Gasteiger partial charge in [-0.25, -0.2) is 0 Å². The zero-order valence-corrected chi connectivity index (χ0v) is 19.2. The number of benzene rings is 2. The Hall–Kier alpha value is -3.41. The molecule has 0 N–H and O–H groups in total. The molecule has 0 saturated carbocycles. The summed E-state index contributed by atoms with van der Waals surface area (Å²) in [4.78, 5) is 34.3. The maximum atomic E-state index is 11.7. The molecule has 0 fully saturated rings. The predicted octanol–water partition coefficient (Wildman–Crippen LogP) is 6.75. The lowest BCUT2D eigenvalue weighted by Gasteiger charge is -2.08. The number of nitro benzene ring substituents is 2. The van der Waals surface area contributed by atoms with Crippen molar-refractivity contribution in [3.63, 3.8) is 0 Å². The molecule has 8 nitrogen and oxygen atoms in total. The standard InChI is InChI=1S/C22H14N4O4S3/c27-25(28)19-13-17(1-3-21(19)32-15-5-9-23-10-6-15)31-18-2-4-22(20(14-18)26(29)30)33-16-7-11-24-12-8-16/h1-14H. The number of aromatic nitrogens is 2. The van der Waals surface area contributed by atoms with Crippen molar-refractivity contribution in [3.8, 4) is 0 Å². The van der Waals surface area contributed by atoms with E-state index in [1.165, 1.54) is 47.4 Å². The van der Waals surface area contributed by atoms with E-state index in [0.29, 0.717) is 19.6 Å². The van der Waals surface area contributed by atoms with Crippen molar-refractivity contribution in [2.45, 2.75) is 29.4 Å². The van der Waals surface area contributed by atoms with Gasteiger partial charge in [-0.1, -0.05) is 35.3 Å². The molecule has 0 aliphatic rings. The lowest BCUT2D eigenvalue weighted by Crippen LogP contribution is -1.93. The zero-order valence-electron chi connectivity index (χ0n) is 16.7. The second-order valence-corrected chi connectivity index (χ2v) is 9.82. The van der Waals surface area contributed by atoms with E-state index in [4.69, 9.17) is 0 Å². The number of pyridine rings is 2. The first kappa shape index (κ1) is 22.8. The molecule has 0 amide bonds. The SMILES string of the molecule is O=[N+]([O-])c1cc(Sc2ccc(Sc3ccncc3)c([N+](=O)[O-])c2)ccc1Sc1ccncc1. The van der Waals surface area contributed by atoms with Crippen molar-refractivity contribution in [3.05, 3.63) is 106 Å². The molecule has 0 atom stereocenters. The van der Waals surface area contributed by atoms with E-state index >= 15 is 0 Å². The number of nitro groups is 2. The highest BCUT2D eigenvalue weighted by Crippen LogP contribution is 2.41. The normalized spacial score (nSPS) is 10.7. The van der Waals surface area contributed by atoms with E-state index in [1.807, 2.05) is 0 Å². The Morgan fingerprint density at radius 1 is 0.545 bits per heavy atom. The minimum atomic E-state index is -0.426. The van der Waals surface area contributed by atoms with Crippen LogP contribution in [0.1, 0.15) is 0 Å². The molecule has 0 aliphatic heterocycles. The van der Waals surface area contributed by atoms with Gasteiger partial charge in [0.15, 0.2) is 0 Å².